The maximum atomic E-state index is 6.10. The van der Waals surface area contributed by atoms with Crippen LogP contribution in [0.25, 0.3) is 22.6 Å². The van der Waals surface area contributed by atoms with Crippen LogP contribution < -0.4 is 4.74 Å². The summed E-state index contributed by atoms with van der Waals surface area (Å²) in [6.45, 7) is 14.8. The molecule has 1 atom stereocenters. The van der Waals surface area contributed by atoms with Gasteiger partial charge >= 0.3 is 0 Å². The fourth-order valence-corrected chi connectivity index (χ4v) is 4.18. The van der Waals surface area contributed by atoms with Crippen molar-refractivity contribution in [2.75, 3.05) is 13.2 Å². The summed E-state index contributed by atoms with van der Waals surface area (Å²) < 4.78 is 14.4. The molecule has 1 aliphatic rings. The highest BCUT2D eigenvalue weighted by molar-refractivity contribution is 5.70. The van der Waals surface area contributed by atoms with Crippen LogP contribution in [0.5, 0.6) is 5.75 Å². The number of imidazole rings is 1. The summed E-state index contributed by atoms with van der Waals surface area (Å²) in [7, 11) is 0. The Bertz CT molecular complexity index is 1060. The van der Waals surface area contributed by atoms with Crippen LogP contribution >= 0.6 is 0 Å². The molecule has 0 fully saturated rings. The minimum absolute atomic E-state index is 0.144. The van der Waals surface area contributed by atoms with Gasteiger partial charge < -0.3 is 14.0 Å². The Morgan fingerprint density at radius 3 is 2.52 bits per heavy atom. The minimum Gasteiger partial charge on any atom is -0.493 e. The number of hydrogen-bond donors (Lipinski definition) is 0. The molecular formula is C26H33N3O2. The lowest BCUT2D eigenvalue weighted by atomic mass is 10.1. The summed E-state index contributed by atoms with van der Waals surface area (Å²) in [5.41, 5.74) is 7.63. The van der Waals surface area contributed by atoms with Crippen LogP contribution in [-0.2, 0) is 17.7 Å². The normalized spacial score (nSPS) is 16.3. The zero-order chi connectivity index (χ0) is 22.1. The van der Waals surface area contributed by atoms with Crippen molar-refractivity contribution in [3.05, 3.63) is 53.0 Å². The second-order valence-corrected chi connectivity index (χ2v) is 9.10. The van der Waals surface area contributed by atoms with Gasteiger partial charge in [-0.25, -0.2) is 4.98 Å². The van der Waals surface area contributed by atoms with Crippen LogP contribution in [0, 0.1) is 26.7 Å². The summed E-state index contributed by atoms with van der Waals surface area (Å²) in [6, 6.07) is 10.7. The smallest absolute Gasteiger partial charge is 0.141 e. The molecule has 0 N–H and O–H groups in total. The van der Waals surface area contributed by atoms with Gasteiger partial charge in [0.1, 0.15) is 11.6 Å². The maximum absolute atomic E-state index is 6.10. The Balaban J connectivity index is 1.85. The van der Waals surface area contributed by atoms with E-state index in [9.17, 15) is 0 Å². The molecule has 0 saturated carbocycles. The van der Waals surface area contributed by atoms with Crippen molar-refractivity contribution >= 4 is 0 Å². The Labute approximate surface area is 185 Å². The van der Waals surface area contributed by atoms with E-state index in [1.54, 1.807) is 0 Å². The van der Waals surface area contributed by atoms with E-state index in [1.165, 1.54) is 5.69 Å². The molecule has 3 heterocycles. The molecular weight excluding hydrogens is 386 g/mol. The molecule has 2 aromatic heterocycles. The first kappa shape index (κ1) is 21.6. The number of aryl methyl sites for hydroxylation is 3. The number of aromatic nitrogens is 3. The molecule has 4 rings (SSSR count). The Morgan fingerprint density at radius 2 is 1.81 bits per heavy atom. The highest BCUT2D eigenvalue weighted by Gasteiger charge is 2.24. The summed E-state index contributed by atoms with van der Waals surface area (Å²) in [4.78, 5) is 9.73. The van der Waals surface area contributed by atoms with Gasteiger partial charge in [-0.05, 0) is 57.4 Å². The van der Waals surface area contributed by atoms with Crippen molar-refractivity contribution in [1.29, 1.82) is 0 Å². The quantitative estimate of drug-likeness (QED) is 0.545. The lowest BCUT2D eigenvalue weighted by Gasteiger charge is -2.15. The van der Waals surface area contributed by atoms with E-state index in [0.717, 1.165) is 58.3 Å². The first-order valence-electron chi connectivity index (χ1n) is 11.2. The molecule has 31 heavy (non-hydrogen) atoms. The lowest BCUT2D eigenvalue weighted by molar-refractivity contribution is 0.0666. The molecule has 0 bridgehead atoms. The van der Waals surface area contributed by atoms with Gasteiger partial charge in [-0.15, -0.1) is 0 Å². The van der Waals surface area contributed by atoms with Crippen LogP contribution in [0.2, 0.25) is 0 Å². The number of benzene rings is 1. The zero-order valence-electron chi connectivity index (χ0n) is 19.5. The highest BCUT2D eigenvalue weighted by Crippen LogP contribution is 2.34. The standard InChI is InChI=1S/C26H33N3O2/c1-16(2)15-31-24-13-21(8-7-17(24)3)26-28-25(22-11-18(4)27-19(5)12-22)23-9-10-30-20(6)14-29(23)26/h7-8,11-13,16,20H,9-10,14-15H2,1-6H3/t20-/m1/s1. The molecule has 5 nitrogen and oxygen atoms in total. The second-order valence-electron chi connectivity index (χ2n) is 9.10. The third-order valence-corrected chi connectivity index (χ3v) is 5.63. The average Bonchev–Trinajstić information content (AvgIpc) is 2.93. The van der Waals surface area contributed by atoms with Gasteiger partial charge in [0.2, 0.25) is 0 Å². The number of pyridine rings is 1. The molecule has 0 unspecified atom stereocenters. The van der Waals surface area contributed by atoms with E-state index < -0.39 is 0 Å². The van der Waals surface area contributed by atoms with Crippen LogP contribution in [0.1, 0.15) is 43.4 Å². The number of fused-ring (bicyclic) bond motifs is 1. The third kappa shape index (κ3) is 4.67. The van der Waals surface area contributed by atoms with Crippen molar-refractivity contribution < 1.29 is 9.47 Å². The first-order valence-corrected chi connectivity index (χ1v) is 11.2. The second kappa shape index (κ2) is 8.83. The van der Waals surface area contributed by atoms with Gasteiger partial charge in [0.05, 0.1) is 31.6 Å². The molecule has 3 aromatic rings. The fourth-order valence-electron chi connectivity index (χ4n) is 4.18. The predicted octanol–water partition coefficient (Wildman–Crippen LogP) is 5.53. The van der Waals surface area contributed by atoms with Gasteiger partial charge in [-0.1, -0.05) is 26.0 Å². The largest absolute Gasteiger partial charge is 0.493 e. The Morgan fingerprint density at radius 1 is 1.06 bits per heavy atom. The van der Waals surface area contributed by atoms with Crippen molar-refractivity contribution in [1.82, 2.24) is 14.5 Å². The van der Waals surface area contributed by atoms with Gasteiger partial charge in [0, 0.05) is 34.6 Å². The topological polar surface area (TPSA) is 49.2 Å². The van der Waals surface area contributed by atoms with Gasteiger partial charge in [0.15, 0.2) is 0 Å². The summed E-state index contributed by atoms with van der Waals surface area (Å²) in [6.07, 6.45) is 0.987. The molecule has 0 spiro atoms. The summed E-state index contributed by atoms with van der Waals surface area (Å²) in [5.74, 6) is 2.39. The molecule has 0 aliphatic carbocycles. The monoisotopic (exact) mass is 419 g/mol. The molecule has 0 radical (unpaired) electrons. The first-order chi connectivity index (χ1) is 14.8. The van der Waals surface area contributed by atoms with Crippen LogP contribution in [0.15, 0.2) is 30.3 Å². The van der Waals surface area contributed by atoms with E-state index >= 15 is 0 Å². The predicted molar refractivity (Wildman–Crippen MR) is 125 cm³/mol. The Hall–Kier alpha value is -2.66. The van der Waals surface area contributed by atoms with E-state index in [-0.39, 0.29) is 6.10 Å². The number of nitrogens with zero attached hydrogens (tertiary/aromatic N) is 3. The molecule has 5 heteroatoms. The van der Waals surface area contributed by atoms with Crippen LogP contribution in [0.4, 0.5) is 0 Å². The number of rotatable bonds is 5. The van der Waals surface area contributed by atoms with Crippen molar-refractivity contribution in [3.8, 4) is 28.4 Å². The fraction of sp³-hybridized carbons (Fsp3) is 0.462. The molecule has 0 amide bonds. The van der Waals surface area contributed by atoms with Gasteiger partial charge in [-0.2, -0.15) is 0 Å². The minimum atomic E-state index is 0.144. The zero-order valence-corrected chi connectivity index (χ0v) is 19.5. The molecule has 0 saturated heterocycles. The van der Waals surface area contributed by atoms with Crippen molar-refractivity contribution in [2.24, 2.45) is 5.92 Å². The van der Waals surface area contributed by atoms with E-state index in [1.807, 2.05) is 13.8 Å². The van der Waals surface area contributed by atoms with Crippen molar-refractivity contribution in [3.63, 3.8) is 0 Å². The molecule has 1 aromatic carbocycles. The molecule has 164 valence electrons. The van der Waals surface area contributed by atoms with E-state index in [4.69, 9.17) is 14.5 Å². The molecule has 1 aliphatic heterocycles. The summed E-state index contributed by atoms with van der Waals surface area (Å²) in [5, 5.41) is 0. The van der Waals surface area contributed by atoms with Crippen LogP contribution in [0.3, 0.4) is 0 Å². The van der Waals surface area contributed by atoms with Gasteiger partial charge in [0.25, 0.3) is 0 Å². The van der Waals surface area contributed by atoms with Crippen LogP contribution in [-0.4, -0.2) is 33.9 Å². The maximum Gasteiger partial charge on any atom is 0.141 e. The van der Waals surface area contributed by atoms with Gasteiger partial charge in [-0.3, -0.25) is 4.98 Å². The average molecular weight is 420 g/mol. The van der Waals surface area contributed by atoms with Crippen molar-refractivity contribution in [2.45, 2.75) is 60.6 Å². The number of ether oxygens (including phenoxy) is 2. The summed E-state index contributed by atoms with van der Waals surface area (Å²) >= 11 is 0. The lowest BCUT2D eigenvalue weighted by Crippen LogP contribution is -2.15. The SMILES string of the molecule is Cc1cc(-c2nc(-c3ccc(C)c(OCC(C)C)c3)n3c2CCO[C@H](C)C3)cc(C)n1. The third-order valence-electron chi connectivity index (χ3n) is 5.63. The van der Waals surface area contributed by atoms with E-state index in [2.05, 4.69) is 67.6 Å². The van der Waals surface area contributed by atoms with E-state index in [0.29, 0.717) is 19.1 Å². The highest BCUT2D eigenvalue weighted by atomic mass is 16.5. The Kier molecular flexibility index (Phi) is 6.15. The number of hydrogen-bond acceptors (Lipinski definition) is 4.